The van der Waals surface area contributed by atoms with E-state index in [1.165, 1.54) is 9.13 Å². The second kappa shape index (κ2) is 9.02. The van der Waals surface area contributed by atoms with Gasteiger partial charge in [0.2, 0.25) is 5.91 Å². The molecular formula is C27H25N3O4. The SMILES string of the molecule is Cc1ccc2c(c1)N(C(=O)Cn1c(=O)n(CCc3ccccc3)c(=O)c3ccccc31)CCO2. The lowest BCUT2D eigenvalue weighted by Gasteiger charge is -2.30. The van der Waals surface area contributed by atoms with E-state index in [-0.39, 0.29) is 24.6 Å². The normalized spacial score (nSPS) is 12.9. The van der Waals surface area contributed by atoms with Crippen molar-refractivity contribution in [3.63, 3.8) is 0 Å². The van der Waals surface area contributed by atoms with Crippen LogP contribution in [-0.4, -0.2) is 28.2 Å². The Labute approximate surface area is 196 Å². The molecular weight excluding hydrogens is 430 g/mol. The van der Waals surface area contributed by atoms with E-state index in [1.54, 1.807) is 29.2 Å². The summed E-state index contributed by atoms with van der Waals surface area (Å²) in [5, 5.41) is 0.418. The van der Waals surface area contributed by atoms with Gasteiger partial charge in [-0.2, -0.15) is 0 Å². The zero-order valence-corrected chi connectivity index (χ0v) is 18.9. The highest BCUT2D eigenvalue weighted by atomic mass is 16.5. The number of fused-ring (bicyclic) bond motifs is 2. The lowest BCUT2D eigenvalue weighted by atomic mass is 10.1. The smallest absolute Gasteiger partial charge is 0.331 e. The molecule has 5 rings (SSSR count). The second-order valence-corrected chi connectivity index (χ2v) is 8.44. The molecule has 1 aromatic heterocycles. The third-order valence-corrected chi connectivity index (χ3v) is 6.17. The summed E-state index contributed by atoms with van der Waals surface area (Å²) < 4.78 is 8.35. The predicted molar refractivity (Wildman–Crippen MR) is 132 cm³/mol. The van der Waals surface area contributed by atoms with Crippen LogP contribution in [0.3, 0.4) is 0 Å². The van der Waals surface area contributed by atoms with Gasteiger partial charge in [-0.15, -0.1) is 0 Å². The first kappa shape index (κ1) is 21.7. The Morgan fingerprint density at radius 2 is 1.71 bits per heavy atom. The van der Waals surface area contributed by atoms with Crippen LogP contribution in [0.1, 0.15) is 11.1 Å². The van der Waals surface area contributed by atoms with Crippen LogP contribution in [-0.2, 0) is 24.3 Å². The second-order valence-electron chi connectivity index (χ2n) is 8.44. The summed E-state index contributed by atoms with van der Waals surface area (Å²) in [6.45, 7) is 2.81. The average molecular weight is 456 g/mol. The standard InChI is InChI=1S/C27H25N3O4/c1-19-11-12-24-23(17-19)28(15-16-34-24)25(31)18-30-22-10-6-5-9-21(22)26(32)29(27(30)33)14-13-20-7-3-2-4-8-20/h2-12,17H,13-16,18H2,1H3. The van der Waals surface area contributed by atoms with Crippen molar-refractivity contribution in [3.05, 3.63) is 105 Å². The zero-order valence-electron chi connectivity index (χ0n) is 18.9. The van der Waals surface area contributed by atoms with Crippen LogP contribution in [0.2, 0.25) is 0 Å². The van der Waals surface area contributed by atoms with Crippen LogP contribution in [0.25, 0.3) is 10.9 Å². The molecule has 0 atom stereocenters. The Morgan fingerprint density at radius 1 is 0.941 bits per heavy atom. The first-order valence-electron chi connectivity index (χ1n) is 11.3. The number of aromatic nitrogens is 2. The van der Waals surface area contributed by atoms with Gasteiger partial charge in [0.1, 0.15) is 18.9 Å². The fraction of sp³-hybridized carbons (Fsp3) is 0.222. The molecule has 7 heteroatoms. The first-order chi connectivity index (χ1) is 16.5. The third kappa shape index (κ3) is 4.01. The molecule has 34 heavy (non-hydrogen) atoms. The molecule has 7 nitrogen and oxygen atoms in total. The molecule has 0 aliphatic carbocycles. The number of carbonyl (C=O) groups excluding carboxylic acids is 1. The van der Waals surface area contributed by atoms with E-state index in [9.17, 15) is 14.4 Å². The number of amides is 1. The van der Waals surface area contributed by atoms with Crippen LogP contribution >= 0.6 is 0 Å². The number of ether oxygens (including phenoxy) is 1. The van der Waals surface area contributed by atoms with Crippen LogP contribution in [0.4, 0.5) is 5.69 Å². The van der Waals surface area contributed by atoms with Crippen molar-refractivity contribution in [3.8, 4) is 5.75 Å². The number of benzene rings is 3. The highest BCUT2D eigenvalue weighted by Crippen LogP contribution is 2.32. The minimum absolute atomic E-state index is 0.168. The lowest BCUT2D eigenvalue weighted by molar-refractivity contribution is -0.119. The molecule has 0 spiro atoms. The molecule has 1 aliphatic heterocycles. The molecule has 1 amide bonds. The van der Waals surface area contributed by atoms with Crippen LogP contribution in [0.5, 0.6) is 5.75 Å². The molecule has 4 aromatic rings. The summed E-state index contributed by atoms with van der Waals surface area (Å²) in [7, 11) is 0. The Balaban J connectivity index is 1.53. The number of hydrogen-bond acceptors (Lipinski definition) is 4. The van der Waals surface area contributed by atoms with E-state index in [1.807, 2.05) is 55.5 Å². The number of aryl methyl sites for hydroxylation is 2. The zero-order chi connectivity index (χ0) is 23.7. The minimum atomic E-state index is -0.481. The minimum Gasteiger partial charge on any atom is -0.490 e. The van der Waals surface area contributed by atoms with Crippen molar-refractivity contribution >= 4 is 22.5 Å². The van der Waals surface area contributed by atoms with Crippen LogP contribution < -0.4 is 20.9 Å². The Morgan fingerprint density at radius 3 is 2.53 bits per heavy atom. The molecule has 0 saturated heterocycles. The number of nitrogens with zero attached hydrogens (tertiary/aromatic N) is 3. The van der Waals surface area contributed by atoms with E-state index >= 15 is 0 Å². The Bertz CT molecular complexity index is 1490. The van der Waals surface area contributed by atoms with Crippen molar-refractivity contribution < 1.29 is 9.53 Å². The van der Waals surface area contributed by atoms with Gasteiger partial charge in [-0.1, -0.05) is 48.5 Å². The topological polar surface area (TPSA) is 73.5 Å². The fourth-order valence-electron chi connectivity index (χ4n) is 4.41. The number of rotatable bonds is 5. The Hall–Kier alpha value is -4.13. The maximum absolute atomic E-state index is 13.5. The maximum atomic E-state index is 13.5. The van der Waals surface area contributed by atoms with Crippen molar-refractivity contribution in [1.82, 2.24) is 9.13 Å². The molecule has 0 unspecified atom stereocenters. The summed E-state index contributed by atoms with van der Waals surface area (Å²) in [5.41, 5.74) is 2.38. The van der Waals surface area contributed by atoms with Gasteiger partial charge in [-0.25, -0.2) is 4.79 Å². The van der Waals surface area contributed by atoms with Gasteiger partial charge >= 0.3 is 5.69 Å². The van der Waals surface area contributed by atoms with E-state index in [0.29, 0.717) is 41.9 Å². The molecule has 0 radical (unpaired) electrons. The summed E-state index contributed by atoms with van der Waals surface area (Å²) in [5.74, 6) is 0.422. The molecule has 3 aromatic carbocycles. The van der Waals surface area contributed by atoms with E-state index in [0.717, 1.165) is 11.1 Å². The van der Waals surface area contributed by atoms with Gasteiger partial charge in [0.05, 0.1) is 23.1 Å². The largest absolute Gasteiger partial charge is 0.490 e. The first-order valence-corrected chi connectivity index (χ1v) is 11.3. The number of para-hydroxylation sites is 1. The van der Waals surface area contributed by atoms with E-state index in [2.05, 4.69) is 0 Å². The Kier molecular flexibility index (Phi) is 5.76. The number of hydrogen-bond donors (Lipinski definition) is 0. The fourth-order valence-corrected chi connectivity index (χ4v) is 4.41. The van der Waals surface area contributed by atoms with Gasteiger partial charge in [-0.05, 0) is 48.7 Å². The molecule has 0 N–H and O–H groups in total. The lowest BCUT2D eigenvalue weighted by Crippen LogP contribution is -2.45. The van der Waals surface area contributed by atoms with Gasteiger partial charge in [0.15, 0.2) is 0 Å². The summed E-state index contributed by atoms with van der Waals surface area (Å²) >= 11 is 0. The van der Waals surface area contributed by atoms with Crippen LogP contribution in [0, 0.1) is 6.92 Å². The molecule has 2 heterocycles. The molecule has 0 bridgehead atoms. The van der Waals surface area contributed by atoms with Crippen molar-refractivity contribution in [2.24, 2.45) is 0 Å². The van der Waals surface area contributed by atoms with Gasteiger partial charge in [-0.3, -0.25) is 18.7 Å². The maximum Gasteiger partial charge on any atom is 0.331 e. The molecule has 0 fully saturated rings. The highest BCUT2D eigenvalue weighted by molar-refractivity contribution is 5.96. The monoisotopic (exact) mass is 455 g/mol. The molecule has 0 saturated carbocycles. The van der Waals surface area contributed by atoms with Crippen molar-refractivity contribution in [2.75, 3.05) is 18.1 Å². The summed E-state index contributed by atoms with van der Waals surface area (Å²) in [4.78, 5) is 41.7. The summed E-state index contributed by atoms with van der Waals surface area (Å²) in [6.07, 6.45) is 0.540. The number of anilines is 1. The van der Waals surface area contributed by atoms with E-state index < -0.39 is 5.69 Å². The molecule has 1 aliphatic rings. The van der Waals surface area contributed by atoms with E-state index in [4.69, 9.17) is 4.74 Å². The van der Waals surface area contributed by atoms with Crippen LogP contribution in [0.15, 0.2) is 82.4 Å². The average Bonchev–Trinajstić information content (AvgIpc) is 2.86. The van der Waals surface area contributed by atoms with Gasteiger partial charge < -0.3 is 9.64 Å². The highest BCUT2D eigenvalue weighted by Gasteiger charge is 2.25. The van der Waals surface area contributed by atoms with Crippen molar-refractivity contribution in [1.29, 1.82) is 0 Å². The predicted octanol–water partition coefficient (Wildman–Crippen LogP) is 3.14. The van der Waals surface area contributed by atoms with Crippen molar-refractivity contribution in [2.45, 2.75) is 26.4 Å². The summed E-state index contributed by atoms with van der Waals surface area (Å²) in [6, 6.07) is 22.4. The third-order valence-electron chi connectivity index (χ3n) is 6.17. The van der Waals surface area contributed by atoms with Gasteiger partial charge in [0, 0.05) is 6.54 Å². The quantitative estimate of drug-likeness (QED) is 0.464. The van der Waals surface area contributed by atoms with Gasteiger partial charge in [0.25, 0.3) is 5.56 Å². The molecule has 172 valence electrons. The number of carbonyl (C=O) groups is 1.